The number of anilines is 1. The Bertz CT molecular complexity index is 1010. The molecule has 1 aromatic carbocycles. The van der Waals surface area contributed by atoms with Gasteiger partial charge in [-0.3, -0.25) is 9.59 Å². The van der Waals surface area contributed by atoms with Crippen LogP contribution in [-0.4, -0.2) is 64.9 Å². The molecule has 0 saturated carbocycles. The number of nitrogens with one attached hydrogen (secondary N) is 1. The van der Waals surface area contributed by atoms with Crippen LogP contribution in [0.25, 0.3) is 0 Å². The first-order valence-electron chi connectivity index (χ1n) is 11.3. The molecule has 1 atom stereocenters. The van der Waals surface area contributed by atoms with Gasteiger partial charge in [0, 0.05) is 45.1 Å². The molecule has 8 nitrogen and oxygen atoms in total. The average molecular weight is 438 g/mol. The number of hydrogen-bond donors (Lipinski definition) is 1. The highest BCUT2D eigenvalue weighted by atomic mass is 16.5. The smallest absolute Gasteiger partial charge is 0.226 e. The van der Waals surface area contributed by atoms with E-state index >= 15 is 0 Å². The summed E-state index contributed by atoms with van der Waals surface area (Å²) in [5.74, 6) is 2.67. The third-order valence-corrected chi connectivity index (χ3v) is 6.34. The summed E-state index contributed by atoms with van der Waals surface area (Å²) in [6, 6.07) is 7.82. The maximum Gasteiger partial charge on any atom is 0.226 e. The number of para-hydroxylation sites is 1. The van der Waals surface area contributed by atoms with Gasteiger partial charge in [-0.25, -0.2) is 9.97 Å². The Morgan fingerprint density at radius 1 is 1.19 bits per heavy atom. The van der Waals surface area contributed by atoms with Crippen molar-refractivity contribution in [3.63, 3.8) is 0 Å². The molecule has 3 heterocycles. The standard InChI is InChI=1S/C24H31N5O3/c1-16-6-4-5-7-21(16)32-13-10-22(31)29-11-8-18(14-29)23-26-20-15-28(17(2)30)12-9-19(20)24(25-3)27-23/h4-7,18H,8-15H2,1-3H3,(H,25,26,27)/t18-/m1/s1. The first-order chi connectivity index (χ1) is 15.5. The molecule has 4 rings (SSSR count). The topological polar surface area (TPSA) is 87.7 Å². The lowest BCUT2D eigenvalue weighted by Gasteiger charge is -2.29. The van der Waals surface area contributed by atoms with E-state index in [0.717, 1.165) is 47.1 Å². The number of ether oxygens (including phenoxy) is 1. The van der Waals surface area contributed by atoms with Gasteiger partial charge in [-0.1, -0.05) is 18.2 Å². The van der Waals surface area contributed by atoms with Gasteiger partial charge in [0.2, 0.25) is 11.8 Å². The van der Waals surface area contributed by atoms with Gasteiger partial charge < -0.3 is 19.9 Å². The van der Waals surface area contributed by atoms with Crippen LogP contribution < -0.4 is 10.1 Å². The molecule has 0 unspecified atom stereocenters. The number of amides is 2. The summed E-state index contributed by atoms with van der Waals surface area (Å²) >= 11 is 0. The van der Waals surface area contributed by atoms with E-state index < -0.39 is 0 Å². The number of aromatic nitrogens is 2. The molecule has 1 N–H and O–H groups in total. The predicted octanol–water partition coefficient (Wildman–Crippen LogP) is 2.52. The van der Waals surface area contributed by atoms with Gasteiger partial charge in [0.25, 0.3) is 0 Å². The molecule has 0 aliphatic carbocycles. The van der Waals surface area contributed by atoms with Crippen LogP contribution in [0.15, 0.2) is 24.3 Å². The zero-order chi connectivity index (χ0) is 22.7. The fraction of sp³-hybridized carbons (Fsp3) is 0.500. The van der Waals surface area contributed by atoms with E-state index in [0.29, 0.717) is 39.2 Å². The lowest BCUT2D eigenvalue weighted by atomic mass is 10.0. The lowest BCUT2D eigenvalue weighted by Crippen LogP contribution is -2.35. The number of likely N-dealkylation sites (tertiary alicyclic amines) is 1. The monoisotopic (exact) mass is 437 g/mol. The van der Waals surface area contributed by atoms with Gasteiger partial charge in [0.1, 0.15) is 17.4 Å². The van der Waals surface area contributed by atoms with Crippen molar-refractivity contribution < 1.29 is 14.3 Å². The molecular formula is C24H31N5O3. The van der Waals surface area contributed by atoms with Crippen LogP contribution in [0, 0.1) is 6.92 Å². The van der Waals surface area contributed by atoms with Crippen LogP contribution in [-0.2, 0) is 22.6 Å². The van der Waals surface area contributed by atoms with Crippen LogP contribution in [0.3, 0.4) is 0 Å². The van der Waals surface area contributed by atoms with Crippen LogP contribution >= 0.6 is 0 Å². The fourth-order valence-electron chi connectivity index (χ4n) is 4.43. The zero-order valence-corrected chi connectivity index (χ0v) is 19.1. The van der Waals surface area contributed by atoms with Crippen molar-refractivity contribution in [2.45, 2.75) is 45.6 Å². The minimum Gasteiger partial charge on any atom is -0.493 e. The second-order valence-electron chi connectivity index (χ2n) is 8.49. The molecule has 2 aromatic rings. The maximum absolute atomic E-state index is 12.7. The Hall–Kier alpha value is -3.16. The molecule has 0 spiro atoms. The molecule has 0 radical (unpaired) electrons. The van der Waals surface area contributed by atoms with E-state index in [4.69, 9.17) is 14.7 Å². The van der Waals surface area contributed by atoms with Gasteiger partial charge in [-0.05, 0) is 31.4 Å². The highest BCUT2D eigenvalue weighted by Gasteiger charge is 2.31. The average Bonchev–Trinajstić information content (AvgIpc) is 3.29. The van der Waals surface area contributed by atoms with Crippen molar-refractivity contribution >= 4 is 17.6 Å². The Kier molecular flexibility index (Phi) is 6.58. The van der Waals surface area contributed by atoms with Crippen molar-refractivity contribution in [3.8, 4) is 5.75 Å². The summed E-state index contributed by atoms with van der Waals surface area (Å²) < 4.78 is 5.79. The van der Waals surface area contributed by atoms with Crippen molar-refractivity contribution in [1.82, 2.24) is 19.8 Å². The molecule has 32 heavy (non-hydrogen) atoms. The van der Waals surface area contributed by atoms with Gasteiger partial charge in [-0.2, -0.15) is 0 Å². The predicted molar refractivity (Wildman–Crippen MR) is 122 cm³/mol. The summed E-state index contributed by atoms with van der Waals surface area (Å²) in [7, 11) is 1.86. The van der Waals surface area contributed by atoms with Gasteiger partial charge in [0.15, 0.2) is 0 Å². The Labute approximate surface area is 189 Å². The zero-order valence-electron chi connectivity index (χ0n) is 19.1. The molecule has 1 saturated heterocycles. The Morgan fingerprint density at radius 3 is 2.75 bits per heavy atom. The van der Waals surface area contributed by atoms with Crippen LogP contribution in [0.1, 0.15) is 48.3 Å². The largest absolute Gasteiger partial charge is 0.493 e. The Morgan fingerprint density at radius 2 is 2.00 bits per heavy atom. The van der Waals surface area contributed by atoms with Crippen molar-refractivity contribution in [2.24, 2.45) is 0 Å². The number of aryl methyl sites for hydroxylation is 1. The minimum atomic E-state index is 0.0624. The molecule has 1 fully saturated rings. The SMILES string of the molecule is CNc1nc([C@@H]2CCN(C(=O)CCOc3ccccc3C)C2)nc2c1CCN(C(C)=O)C2. The highest BCUT2D eigenvalue weighted by Crippen LogP contribution is 2.30. The molecule has 2 amide bonds. The van der Waals surface area contributed by atoms with Crippen LogP contribution in [0.5, 0.6) is 5.75 Å². The second kappa shape index (κ2) is 9.54. The third-order valence-electron chi connectivity index (χ3n) is 6.34. The summed E-state index contributed by atoms with van der Waals surface area (Å²) in [5.41, 5.74) is 3.07. The number of benzene rings is 1. The molecular weight excluding hydrogens is 406 g/mol. The summed E-state index contributed by atoms with van der Waals surface area (Å²) in [6.45, 7) is 6.47. The van der Waals surface area contributed by atoms with Gasteiger partial charge in [0.05, 0.1) is 25.3 Å². The number of rotatable bonds is 6. The molecule has 1 aromatic heterocycles. The van der Waals surface area contributed by atoms with Crippen molar-refractivity contribution in [3.05, 3.63) is 46.9 Å². The number of nitrogens with zero attached hydrogens (tertiary/aromatic N) is 4. The van der Waals surface area contributed by atoms with Crippen molar-refractivity contribution in [2.75, 3.05) is 38.6 Å². The van der Waals surface area contributed by atoms with E-state index in [1.807, 2.05) is 48.0 Å². The van der Waals surface area contributed by atoms with Gasteiger partial charge >= 0.3 is 0 Å². The van der Waals surface area contributed by atoms with E-state index in [2.05, 4.69) is 5.32 Å². The summed E-state index contributed by atoms with van der Waals surface area (Å²) in [5, 5.41) is 3.19. The fourth-order valence-corrected chi connectivity index (χ4v) is 4.43. The molecule has 8 heteroatoms. The number of carbonyl (C=O) groups excluding carboxylic acids is 2. The maximum atomic E-state index is 12.7. The first-order valence-corrected chi connectivity index (χ1v) is 11.3. The third kappa shape index (κ3) is 4.69. The molecule has 2 aliphatic rings. The quantitative estimate of drug-likeness (QED) is 0.747. The van der Waals surface area contributed by atoms with Crippen molar-refractivity contribution in [1.29, 1.82) is 0 Å². The lowest BCUT2D eigenvalue weighted by molar-refractivity contribution is -0.131. The number of hydrogen-bond acceptors (Lipinski definition) is 6. The number of fused-ring (bicyclic) bond motifs is 1. The van der Waals surface area contributed by atoms with E-state index in [9.17, 15) is 9.59 Å². The van der Waals surface area contributed by atoms with E-state index in [1.54, 1.807) is 6.92 Å². The van der Waals surface area contributed by atoms with Crippen LogP contribution in [0.2, 0.25) is 0 Å². The molecule has 170 valence electrons. The number of carbonyl (C=O) groups is 2. The highest BCUT2D eigenvalue weighted by molar-refractivity contribution is 5.76. The van der Waals surface area contributed by atoms with E-state index in [-0.39, 0.29) is 17.7 Å². The summed E-state index contributed by atoms with van der Waals surface area (Å²) in [4.78, 5) is 37.9. The van der Waals surface area contributed by atoms with E-state index in [1.165, 1.54) is 0 Å². The second-order valence-corrected chi connectivity index (χ2v) is 8.49. The summed E-state index contributed by atoms with van der Waals surface area (Å²) in [6.07, 6.45) is 1.94. The van der Waals surface area contributed by atoms with Gasteiger partial charge in [-0.15, -0.1) is 0 Å². The first kappa shape index (κ1) is 22.0. The van der Waals surface area contributed by atoms with Crippen LogP contribution in [0.4, 0.5) is 5.82 Å². The Balaban J connectivity index is 1.38. The normalized spacial score (nSPS) is 17.8. The molecule has 0 bridgehead atoms. The minimum absolute atomic E-state index is 0.0624. The molecule has 2 aliphatic heterocycles.